The van der Waals surface area contributed by atoms with Gasteiger partial charge in [0, 0.05) is 18.0 Å². The smallest absolute Gasteiger partial charge is 0.242 e. The quantitative estimate of drug-likeness (QED) is 0.718. The molecule has 2 fully saturated rings. The van der Waals surface area contributed by atoms with Crippen LogP contribution in [0, 0.1) is 5.92 Å². The van der Waals surface area contributed by atoms with Gasteiger partial charge in [-0.2, -0.15) is 0 Å². The first-order valence-electron chi connectivity index (χ1n) is 9.97. The van der Waals surface area contributed by atoms with Gasteiger partial charge in [0.15, 0.2) is 0 Å². The molecule has 3 N–H and O–H groups in total. The first kappa shape index (κ1) is 18.8. The van der Waals surface area contributed by atoms with Gasteiger partial charge in [-0.1, -0.05) is 37.3 Å². The van der Waals surface area contributed by atoms with Crippen molar-refractivity contribution in [3.8, 4) is 11.5 Å². The lowest BCUT2D eigenvalue weighted by Crippen LogP contribution is -2.41. The minimum Gasteiger partial charge on any atom is -0.508 e. The van der Waals surface area contributed by atoms with Crippen molar-refractivity contribution >= 4 is 5.91 Å². The lowest BCUT2D eigenvalue weighted by molar-refractivity contribution is -0.130. The van der Waals surface area contributed by atoms with Crippen LogP contribution in [0.1, 0.15) is 43.5 Å². The van der Waals surface area contributed by atoms with Crippen LogP contribution in [0.15, 0.2) is 48.5 Å². The van der Waals surface area contributed by atoms with E-state index in [2.05, 4.69) is 17.8 Å². The summed E-state index contributed by atoms with van der Waals surface area (Å²) in [5, 5.41) is 10.4. The highest BCUT2D eigenvalue weighted by atomic mass is 16.5. The number of amides is 1. The van der Waals surface area contributed by atoms with Gasteiger partial charge < -0.3 is 14.7 Å². The second kappa shape index (κ2) is 7.81. The second-order valence-corrected chi connectivity index (χ2v) is 7.36. The summed E-state index contributed by atoms with van der Waals surface area (Å²) in [6.45, 7) is 5.38. The fourth-order valence-electron chi connectivity index (χ4n) is 4.53. The summed E-state index contributed by atoms with van der Waals surface area (Å²) in [5.74, 6) is 1.16. The molecular formula is C22H27N3O3. The lowest BCUT2D eigenvalue weighted by Gasteiger charge is -2.31. The van der Waals surface area contributed by atoms with E-state index in [0.29, 0.717) is 13.2 Å². The van der Waals surface area contributed by atoms with Crippen molar-refractivity contribution < 1.29 is 14.6 Å². The molecule has 0 radical (unpaired) electrons. The Balaban J connectivity index is 1.73. The third-order valence-corrected chi connectivity index (χ3v) is 5.68. The Kier molecular flexibility index (Phi) is 5.24. The summed E-state index contributed by atoms with van der Waals surface area (Å²) in [7, 11) is 0. The van der Waals surface area contributed by atoms with Gasteiger partial charge in [0.05, 0.1) is 18.7 Å². The fourth-order valence-corrected chi connectivity index (χ4v) is 4.53. The van der Waals surface area contributed by atoms with E-state index >= 15 is 0 Å². The van der Waals surface area contributed by atoms with Crippen molar-refractivity contribution in [2.75, 3.05) is 13.2 Å². The Bertz CT molecular complexity index is 839. The van der Waals surface area contributed by atoms with Crippen LogP contribution in [0.25, 0.3) is 0 Å². The molecule has 0 spiro atoms. The van der Waals surface area contributed by atoms with Crippen molar-refractivity contribution in [3.05, 3.63) is 59.7 Å². The number of hydrogen-bond donors (Lipinski definition) is 3. The SMILES string of the molecule is CCCN1C(=O)C2NNC(c3ccccc3O)C2C1c1ccc(OCC)cc1. The van der Waals surface area contributed by atoms with Gasteiger partial charge in [0.25, 0.3) is 0 Å². The van der Waals surface area contributed by atoms with Gasteiger partial charge in [-0.15, -0.1) is 0 Å². The Morgan fingerprint density at radius 3 is 2.43 bits per heavy atom. The molecule has 0 aliphatic carbocycles. The van der Waals surface area contributed by atoms with Crippen LogP contribution < -0.4 is 15.6 Å². The minimum atomic E-state index is -0.312. The van der Waals surface area contributed by atoms with Gasteiger partial charge in [-0.3, -0.25) is 4.79 Å². The third kappa shape index (κ3) is 3.12. The molecule has 2 saturated heterocycles. The van der Waals surface area contributed by atoms with Crippen molar-refractivity contribution in [1.82, 2.24) is 15.8 Å². The molecule has 0 saturated carbocycles. The van der Waals surface area contributed by atoms with E-state index < -0.39 is 0 Å². The van der Waals surface area contributed by atoms with Gasteiger partial charge >= 0.3 is 0 Å². The zero-order valence-electron chi connectivity index (χ0n) is 16.3. The number of hydrogen-bond acceptors (Lipinski definition) is 5. The molecule has 2 aromatic rings. The molecule has 2 heterocycles. The maximum atomic E-state index is 13.1. The minimum absolute atomic E-state index is 0.0229. The number of carbonyl (C=O) groups excluding carboxylic acids is 1. The molecule has 28 heavy (non-hydrogen) atoms. The summed E-state index contributed by atoms with van der Waals surface area (Å²) >= 11 is 0. The number of benzene rings is 2. The number of para-hydroxylation sites is 1. The fraction of sp³-hybridized carbons (Fsp3) is 0.409. The van der Waals surface area contributed by atoms with Gasteiger partial charge in [-0.25, -0.2) is 10.9 Å². The maximum Gasteiger partial charge on any atom is 0.242 e. The van der Waals surface area contributed by atoms with Crippen molar-refractivity contribution in [2.45, 2.75) is 38.4 Å². The third-order valence-electron chi connectivity index (χ3n) is 5.68. The molecule has 6 heteroatoms. The number of rotatable bonds is 6. The number of ether oxygens (including phenoxy) is 1. The molecule has 148 valence electrons. The molecule has 2 aliphatic rings. The number of fused-ring (bicyclic) bond motifs is 1. The van der Waals surface area contributed by atoms with Crippen LogP contribution in [0.4, 0.5) is 0 Å². The van der Waals surface area contributed by atoms with Crippen molar-refractivity contribution in [2.24, 2.45) is 5.92 Å². The largest absolute Gasteiger partial charge is 0.508 e. The van der Waals surface area contributed by atoms with Gasteiger partial charge in [0.2, 0.25) is 5.91 Å². The molecule has 0 aromatic heterocycles. The highest BCUT2D eigenvalue weighted by Crippen LogP contribution is 2.48. The van der Waals surface area contributed by atoms with E-state index in [-0.39, 0.29) is 35.7 Å². The molecule has 6 nitrogen and oxygen atoms in total. The van der Waals surface area contributed by atoms with Gasteiger partial charge in [0.1, 0.15) is 17.5 Å². The van der Waals surface area contributed by atoms with E-state index in [4.69, 9.17) is 4.74 Å². The summed E-state index contributed by atoms with van der Waals surface area (Å²) < 4.78 is 5.57. The van der Waals surface area contributed by atoms with Gasteiger partial charge in [-0.05, 0) is 37.1 Å². The maximum absolute atomic E-state index is 13.1. The Labute approximate surface area is 165 Å². The average molecular weight is 381 g/mol. The first-order chi connectivity index (χ1) is 13.7. The van der Waals surface area contributed by atoms with E-state index in [1.807, 2.05) is 54.3 Å². The van der Waals surface area contributed by atoms with Crippen LogP contribution in [-0.4, -0.2) is 35.1 Å². The van der Waals surface area contributed by atoms with Crippen molar-refractivity contribution in [1.29, 1.82) is 0 Å². The lowest BCUT2D eigenvalue weighted by atomic mass is 9.83. The van der Waals surface area contributed by atoms with Crippen LogP contribution in [0.2, 0.25) is 0 Å². The number of hydrazine groups is 1. The highest BCUT2D eigenvalue weighted by molar-refractivity contribution is 5.86. The number of phenols is 1. The molecule has 4 rings (SSSR count). The van der Waals surface area contributed by atoms with Crippen LogP contribution in [0.5, 0.6) is 11.5 Å². The number of aromatic hydroxyl groups is 1. The zero-order valence-corrected chi connectivity index (χ0v) is 16.3. The molecule has 4 atom stereocenters. The van der Waals surface area contributed by atoms with Crippen molar-refractivity contribution in [3.63, 3.8) is 0 Å². The Hall–Kier alpha value is -2.57. The number of phenolic OH excluding ortho intramolecular Hbond substituents is 1. The summed E-state index contributed by atoms with van der Waals surface area (Å²) in [4.78, 5) is 15.1. The molecule has 1 amide bonds. The Morgan fingerprint density at radius 1 is 1.04 bits per heavy atom. The van der Waals surface area contributed by atoms with E-state index in [1.54, 1.807) is 6.07 Å². The number of likely N-dealkylation sites (tertiary alicyclic amines) is 1. The molecule has 2 aliphatic heterocycles. The topological polar surface area (TPSA) is 73.8 Å². The second-order valence-electron chi connectivity index (χ2n) is 7.36. The predicted molar refractivity (Wildman–Crippen MR) is 107 cm³/mol. The number of nitrogens with one attached hydrogen (secondary N) is 2. The van der Waals surface area contributed by atoms with Crippen LogP contribution in [0.3, 0.4) is 0 Å². The standard InChI is InChI=1S/C22H27N3O3/c1-3-13-25-21(14-9-11-15(12-10-14)28-4-2)18-19(23-24-20(18)22(25)27)16-7-5-6-8-17(16)26/h5-12,18-21,23-24,26H,3-4,13H2,1-2H3. The molecule has 0 bridgehead atoms. The number of carbonyl (C=O) groups is 1. The Morgan fingerprint density at radius 2 is 1.75 bits per heavy atom. The molecule has 4 unspecified atom stereocenters. The summed E-state index contributed by atoms with van der Waals surface area (Å²) in [5.41, 5.74) is 8.34. The predicted octanol–water partition coefficient (Wildman–Crippen LogP) is 2.92. The summed E-state index contributed by atoms with van der Waals surface area (Å²) in [6, 6.07) is 14.8. The normalized spacial score (nSPS) is 26.5. The first-order valence-corrected chi connectivity index (χ1v) is 9.97. The van der Waals surface area contributed by atoms with E-state index in [9.17, 15) is 9.90 Å². The average Bonchev–Trinajstić information content (AvgIpc) is 3.24. The monoisotopic (exact) mass is 381 g/mol. The summed E-state index contributed by atoms with van der Waals surface area (Å²) in [6.07, 6.45) is 0.896. The van der Waals surface area contributed by atoms with E-state index in [1.165, 1.54) is 0 Å². The number of nitrogens with zero attached hydrogens (tertiary/aromatic N) is 1. The van der Waals surface area contributed by atoms with Crippen LogP contribution in [-0.2, 0) is 4.79 Å². The van der Waals surface area contributed by atoms with E-state index in [0.717, 1.165) is 23.3 Å². The zero-order chi connectivity index (χ0) is 19.7. The molecular weight excluding hydrogens is 354 g/mol. The highest BCUT2D eigenvalue weighted by Gasteiger charge is 2.55. The van der Waals surface area contributed by atoms with Crippen LogP contribution >= 0.6 is 0 Å². The molecule has 2 aromatic carbocycles.